The minimum absolute atomic E-state index is 0.149. The molecule has 0 bridgehead atoms. The Balaban J connectivity index is 2.82. The molecule has 0 aliphatic rings. The highest BCUT2D eigenvalue weighted by Gasteiger charge is 2.23. The number of hydrogen-bond acceptors (Lipinski definition) is 6. The van der Waals surface area contributed by atoms with Gasteiger partial charge in [-0.25, -0.2) is 13.1 Å². The molecule has 0 saturated heterocycles. The van der Waals surface area contributed by atoms with Gasteiger partial charge in [0.15, 0.2) is 0 Å². The number of rotatable bonds is 7. The van der Waals surface area contributed by atoms with Crippen molar-refractivity contribution in [2.45, 2.75) is 37.1 Å². The molecule has 0 fully saturated rings. The van der Waals surface area contributed by atoms with Crippen molar-refractivity contribution >= 4 is 48.3 Å². The fourth-order valence-corrected chi connectivity index (χ4v) is 4.14. The Morgan fingerprint density at radius 2 is 2.16 bits per heavy atom. The zero-order chi connectivity index (χ0) is 14.5. The maximum absolute atomic E-state index is 12.0. The number of aromatic nitrogens is 2. The molecule has 1 aromatic heterocycles. The maximum atomic E-state index is 12.0. The fraction of sp³-hybridized carbons (Fsp3) is 0.667. The topological polar surface area (TPSA) is 101 Å². The Morgan fingerprint density at radius 3 is 2.68 bits per heavy atom. The highest BCUT2D eigenvalue weighted by Crippen LogP contribution is 2.20. The van der Waals surface area contributed by atoms with Gasteiger partial charge in [-0.2, -0.15) is 0 Å². The van der Waals surface area contributed by atoms with Gasteiger partial charge >= 0.3 is 0 Å². The van der Waals surface area contributed by atoms with E-state index < -0.39 is 10.0 Å². The van der Waals surface area contributed by atoms with Crippen molar-refractivity contribution < 1.29 is 13.2 Å². The minimum Gasteiger partial charge on any atom is -0.301 e. The number of sulfonamides is 1. The second-order valence-electron chi connectivity index (χ2n) is 3.76. The number of hydrogen-bond donors (Lipinski definition) is 2. The van der Waals surface area contributed by atoms with Crippen LogP contribution in [0.1, 0.15) is 26.7 Å². The molecule has 0 radical (unpaired) electrons. The van der Waals surface area contributed by atoms with E-state index in [0.717, 1.165) is 11.3 Å². The molecule has 108 valence electrons. The third kappa shape index (κ3) is 5.13. The predicted octanol–water partition coefficient (Wildman–Crippen LogP) is 1.34. The lowest BCUT2D eigenvalue weighted by molar-refractivity contribution is -0.114. The first-order valence-electron chi connectivity index (χ1n) is 5.58. The van der Waals surface area contributed by atoms with Gasteiger partial charge in [-0.15, -0.1) is 10.2 Å². The van der Waals surface area contributed by atoms with E-state index >= 15 is 0 Å². The Bertz CT molecular complexity index is 531. The lowest BCUT2D eigenvalue weighted by Crippen LogP contribution is -2.34. The van der Waals surface area contributed by atoms with Crippen LogP contribution in [0.15, 0.2) is 4.34 Å². The van der Waals surface area contributed by atoms with Gasteiger partial charge in [-0.1, -0.05) is 34.2 Å². The summed E-state index contributed by atoms with van der Waals surface area (Å²) in [6.45, 7) is 3.22. The molecule has 1 heterocycles. The SMILES string of the molecule is CCC(CCBr)NS(=O)(=O)c1nnc(NC(C)=O)s1. The van der Waals surface area contributed by atoms with Crippen LogP contribution in [-0.4, -0.2) is 35.9 Å². The lowest BCUT2D eigenvalue weighted by atomic mass is 10.2. The minimum atomic E-state index is -3.69. The van der Waals surface area contributed by atoms with Crippen molar-refractivity contribution in [3.63, 3.8) is 0 Å². The number of anilines is 1. The quantitative estimate of drug-likeness (QED) is 0.556. The number of carbonyl (C=O) groups is 1. The highest BCUT2D eigenvalue weighted by atomic mass is 79.9. The van der Waals surface area contributed by atoms with Crippen LogP contribution >= 0.6 is 27.3 Å². The van der Waals surface area contributed by atoms with Gasteiger partial charge in [-0.05, 0) is 12.8 Å². The molecular weight excluding hydrogens is 356 g/mol. The molecule has 0 aliphatic carbocycles. The number of nitrogens with one attached hydrogen (secondary N) is 2. The smallest absolute Gasteiger partial charge is 0.270 e. The second-order valence-corrected chi connectivity index (χ2v) is 7.42. The van der Waals surface area contributed by atoms with Crippen molar-refractivity contribution in [2.24, 2.45) is 0 Å². The Hall–Kier alpha value is -0.580. The molecule has 2 N–H and O–H groups in total. The van der Waals surface area contributed by atoms with Crippen LogP contribution in [0.25, 0.3) is 0 Å². The van der Waals surface area contributed by atoms with Crippen molar-refractivity contribution in [2.75, 3.05) is 10.6 Å². The van der Waals surface area contributed by atoms with E-state index in [-0.39, 0.29) is 21.4 Å². The van der Waals surface area contributed by atoms with Crippen LogP contribution in [0.4, 0.5) is 5.13 Å². The van der Waals surface area contributed by atoms with Crippen molar-refractivity contribution in [3.05, 3.63) is 0 Å². The molecule has 1 aromatic rings. The highest BCUT2D eigenvalue weighted by molar-refractivity contribution is 9.09. The molecule has 0 spiro atoms. The summed E-state index contributed by atoms with van der Waals surface area (Å²) in [5, 5.41) is 10.5. The van der Waals surface area contributed by atoms with Crippen LogP contribution in [0.2, 0.25) is 0 Å². The van der Waals surface area contributed by atoms with Crippen LogP contribution in [0, 0.1) is 0 Å². The molecule has 1 amide bonds. The second kappa shape index (κ2) is 7.27. The third-order valence-corrected chi connectivity index (χ3v) is 5.38. The number of alkyl halides is 1. The lowest BCUT2D eigenvalue weighted by Gasteiger charge is -2.13. The Morgan fingerprint density at radius 1 is 1.47 bits per heavy atom. The third-order valence-electron chi connectivity index (χ3n) is 2.19. The molecule has 19 heavy (non-hydrogen) atoms. The van der Waals surface area contributed by atoms with Gasteiger partial charge in [0.1, 0.15) is 0 Å². The van der Waals surface area contributed by atoms with Crippen molar-refractivity contribution in [3.8, 4) is 0 Å². The van der Waals surface area contributed by atoms with E-state index in [1.54, 1.807) is 0 Å². The summed E-state index contributed by atoms with van der Waals surface area (Å²) in [5.41, 5.74) is 0. The molecule has 1 atom stereocenters. The Kier molecular flexibility index (Phi) is 6.30. The summed E-state index contributed by atoms with van der Waals surface area (Å²) >= 11 is 4.10. The monoisotopic (exact) mass is 370 g/mol. The number of amides is 1. The van der Waals surface area contributed by atoms with Gasteiger partial charge in [0.25, 0.3) is 10.0 Å². The molecule has 0 saturated carbocycles. The van der Waals surface area contributed by atoms with Crippen molar-refractivity contribution in [1.29, 1.82) is 0 Å². The fourth-order valence-electron chi connectivity index (χ4n) is 1.27. The summed E-state index contributed by atoms with van der Waals surface area (Å²) in [6.07, 6.45) is 1.37. The van der Waals surface area contributed by atoms with Crippen LogP contribution in [0.3, 0.4) is 0 Å². The first-order valence-corrected chi connectivity index (χ1v) is 9.00. The normalized spacial score (nSPS) is 13.2. The van der Waals surface area contributed by atoms with E-state index in [4.69, 9.17) is 0 Å². The first kappa shape index (κ1) is 16.5. The van der Waals surface area contributed by atoms with Gasteiger partial charge in [0.2, 0.25) is 15.4 Å². The van der Waals surface area contributed by atoms with Crippen LogP contribution < -0.4 is 10.0 Å². The molecule has 0 aromatic carbocycles. The summed E-state index contributed by atoms with van der Waals surface area (Å²) < 4.78 is 26.5. The molecule has 1 unspecified atom stereocenters. The maximum Gasteiger partial charge on any atom is 0.270 e. The summed E-state index contributed by atoms with van der Waals surface area (Å²) in [4.78, 5) is 10.8. The summed E-state index contributed by atoms with van der Waals surface area (Å²) in [7, 11) is -3.69. The van der Waals surface area contributed by atoms with Gasteiger partial charge < -0.3 is 5.32 Å². The average Bonchev–Trinajstić information content (AvgIpc) is 2.76. The Labute approximate surface area is 124 Å². The van der Waals surface area contributed by atoms with Gasteiger partial charge in [0.05, 0.1) is 0 Å². The van der Waals surface area contributed by atoms with Crippen LogP contribution in [-0.2, 0) is 14.8 Å². The van der Waals surface area contributed by atoms with E-state index in [1.807, 2.05) is 6.92 Å². The molecule has 0 aliphatic heterocycles. The molecular formula is C9H15BrN4O3S2. The number of carbonyl (C=O) groups excluding carboxylic acids is 1. The van der Waals surface area contributed by atoms with E-state index in [9.17, 15) is 13.2 Å². The number of halogens is 1. The summed E-state index contributed by atoms with van der Waals surface area (Å²) in [6, 6.07) is -0.155. The van der Waals surface area contributed by atoms with E-state index in [0.29, 0.717) is 18.2 Å². The van der Waals surface area contributed by atoms with Gasteiger partial charge in [-0.3, -0.25) is 4.79 Å². The zero-order valence-corrected chi connectivity index (χ0v) is 13.7. The van der Waals surface area contributed by atoms with E-state index in [1.165, 1.54) is 6.92 Å². The van der Waals surface area contributed by atoms with Crippen LogP contribution in [0.5, 0.6) is 0 Å². The molecule has 10 heteroatoms. The summed E-state index contributed by atoms with van der Waals surface area (Å²) in [5.74, 6) is -0.321. The standard InChI is InChI=1S/C9H15BrN4O3S2/c1-3-7(4-5-10)14-19(16,17)9-13-12-8(18-9)11-6(2)15/h7,14H,3-5H2,1-2H3,(H,11,12,15). The predicted molar refractivity (Wildman–Crippen MR) is 77.0 cm³/mol. The molecule has 1 rings (SSSR count). The van der Waals surface area contributed by atoms with E-state index in [2.05, 4.69) is 36.2 Å². The largest absolute Gasteiger partial charge is 0.301 e. The van der Waals surface area contributed by atoms with Gasteiger partial charge in [0, 0.05) is 18.3 Å². The average molecular weight is 371 g/mol. The molecule has 7 nitrogen and oxygen atoms in total. The zero-order valence-electron chi connectivity index (χ0n) is 10.5. The number of nitrogens with zero attached hydrogens (tertiary/aromatic N) is 2. The first-order chi connectivity index (χ1) is 8.89. The van der Waals surface area contributed by atoms with Crippen molar-refractivity contribution in [1.82, 2.24) is 14.9 Å².